The van der Waals surface area contributed by atoms with E-state index in [0.29, 0.717) is 39.3 Å². The third-order valence-corrected chi connectivity index (χ3v) is 6.08. The van der Waals surface area contributed by atoms with E-state index in [2.05, 4.69) is 5.32 Å². The summed E-state index contributed by atoms with van der Waals surface area (Å²) < 4.78 is 5.71. The second-order valence-corrected chi connectivity index (χ2v) is 9.21. The molecule has 0 radical (unpaired) electrons. The van der Waals surface area contributed by atoms with Crippen LogP contribution in [-0.2, 0) is 16.1 Å². The number of aryl methyl sites for hydroxylation is 1. The Morgan fingerprint density at radius 1 is 1.06 bits per heavy atom. The van der Waals surface area contributed by atoms with Gasteiger partial charge in [0.15, 0.2) is 6.61 Å². The standard InChI is InChI=1S/C24H29Cl3N2O3/c1-5-22(24(31)28-12-15(2)3)29(13-18-20(26)7-6-8-21(18)27)23(30)14-32-17-9-10-19(25)16(4)11-17/h6-11,15,22H,5,12-14H2,1-4H3,(H,28,31)/t22-/m1/s1. The van der Waals surface area contributed by atoms with Crippen molar-refractivity contribution < 1.29 is 14.3 Å². The first-order valence-corrected chi connectivity index (χ1v) is 11.7. The quantitative estimate of drug-likeness (QED) is 0.442. The molecule has 174 valence electrons. The summed E-state index contributed by atoms with van der Waals surface area (Å²) in [7, 11) is 0. The van der Waals surface area contributed by atoms with Gasteiger partial charge in [-0.25, -0.2) is 0 Å². The van der Waals surface area contributed by atoms with Crippen LogP contribution in [0.15, 0.2) is 36.4 Å². The maximum atomic E-state index is 13.2. The summed E-state index contributed by atoms with van der Waals surface area (Å²) in [6, 6.07) is 9.63. The Labute approximate surface area is 205 Å². The minimum absolute atomic E-state index is 0.0912. The molecule has 0 unspecified atom stereocenters. The van der Waals surface area contributed by atoms with Gasteiger partial charge in [0.25, 0.3) is 5.91 Å². The number of rotatable bonds is 10. The van der Waals surface area contributed by atoms with Gasteiger partial charge in [0.05, 0.1) is 0 Å². The van der Waals surface area contributed by atoms with Crippen LogP contribution in [0, 0.1) is 12.8 Å². The van der Waals surface area contributed by atoms with Crippen molar-refractivity contribution in [3.05, 3.63) is 62.6 Å². The molecular weight excluding hydrogens is 471 g/mol. The molecule has 0 bridgehead atoms. The van der Waals surface area contributed by atoms with Crippen molar-refractivity contribution in [2.45, 2.75) is 46.7 Å². The van der Waals surface area contributed by atoms with Gasteiger partial charge in [0, 0.05) is 33.7 Å². The van der Waals surface area contributed by atoms with Gasteiger partial charge in [-0.2, -0.15) is 0 Å². The van der Waals surface area contributed by atoms with Gasteiger partial charge in [-0.3, -0.25) is 9.59 Å². The first kappa shape index (κ1) is 26.3. The summed E-state index contributed by atoms with van der Waals surface area (Å²) >= 11 is 18.8. The van der Waals surface area contributed by atoms with Crippen molar-refractivity contribution in [1.82, 2.24) is 10.2 Å². The molecule has 0 saturated heterocycles. The molecular formula is C24H29Cl3N2O3. The van der Waals surface area contributed by atoms with Crippen molar-refractivity contribution in [3.8, 4) is 5.75 Å². The predicted octanol–water partition coefficient (Wildman–Crippen LogP) is 5.91. The second-order valence-electron chi connectivity index (χ2n) is 7.98. The molecule has 2 aromatic rings. The molecule has 1 atom stereocenters. The molecule has 0 fully saturated rings. The second kappa shape index (κ2) is 12.3. The van der Waals surface area contributed by atoms with Gasteiger partial charge in [-0.05, 0) is 55.2 Å². The van der Waals surface area contributed by atoms with Crippen LogP contribution in [0.1, 0.15) is 38.3 Å². The van der Waals surface area contributed by atoms with Gasteiger partial charge in [-0.1, -0.05) is 61.6 Å². The normalized spacial score (nSPS) is 11.9. The van der Waals surface area contributed by atoms with Crippen LogP contribution in [0.25, 0.3) is 0 Å². The molecule has 2 aromatic carbocycles. The molecule has 0 aliphatic rings. The number of amides is 2. The van der Waals surface area contributed by atoms with E-state index < -0.39 is 6.04 Å². The van der Waals surface area contributed by atoms with Gasteiger partial charge in [0.2, 0.25) is 5.91 Å². The van der Waals surface area contributed by atoms with Crippen molar-refractivity contribution in [1.29, 1.82) is 0 Å². The lowest BCUT2D eigenvalue weighted by Gasteiger charge is -2.31. The Morgan fingerprint density at radius 3 is 2.28 bits per heavy atom. The Balaban J connectivity index is 2.27. The highest BCUT2D eigenvalue weighted by molar-refractivity contribution is 6.36. The van der Waals surface area contributed by atoms with Crippen molar-refractivity contribution in [2.75, 3.05) is 13.2 Å². The third-order valence-electron chi connectivity index (χ3n) is 4.95. The molecule has 0 aliphatic heterocycles. The average molecular weight is 500 g/mol. The van der Waals surface area contributed by atoms with Crippen LogP contribution in [-0.4, -0.2) is 35.9 Å². The fraction of sp³-hybridized carbons (Fsp3) is 0.417. The summed E-state index contributed by atoms with van der Waals surface area (Å²) in [6.45, 7) is 8.10. The highest BCUT2D eigenvalue weighted by Gasteiger charge is 2.30. The van der Waals surface area contributed by atoms with Gasteiger partial charge >= 0.3 is 0 Å². The molecule has 0 aromatic heterocycles. The largest absolute Gasteiger partial charge is 0.484 e. The predicted molar refractivity (Wildman–Crippen MR) is 131 cm³/mol. The molecule has 0 aliphatic carbocycles. The van der Waals surface area contributed by atoms with E-state index in [-0.39, 0.29) is 30.9 Å². The van der Waals surface area contributed by atoms with E-state index in [1.165, 1.54) is 4.90 Å². The van der Waals surface area contributed by atoms with Crippen LogP contribution >= 0.6 is 34.8 Å². The van der Waals surface area contributed by atoms with E-state index >= 15 is 0 Å². The lowest BCUT2D eigenvalue weighted by Crippen LogP contribution is -2.50. The van der Waals surface area contributed by atoms with E-state index in [0.717, 1.165) is 5.56 Å². The number of nitrogens with one attached hydrogen (secondary N) is 1. The topological polar surface area (TPSA) is 58.6 Å². The molecule has 2 amide bonds. The molecule has 32 heavy (non-hydrogen) atoms. The molecule has 0 heterocycles. The Bertz CT molecular complexity index is 930. The zero-order valence-electron chi connectivity index (χ0n) is 18.8. The van der Waals surface area contributed by atoms with Crippen molar-refractivity contribution in [2.24, 2.45) is 5.92 Å². The summed E-state index contributed by atoms with van der Waals surface area (Å²) in [4.78, 5) is 27.6. The monoisotopic (exact) mass is 498 g/mol. The summed E-state index contributed by atoms with van der Waals surface area (Å²) in [5, 5.41) is 4.40. The number of nitrogens with zero attached hydrogens (tertiary/aromatic N) is 1. The summed E-state index contributed by atoms with van der Waals surface area (Å²) in [6.07, 6.45) is 0.428. The Hall–Kier alpha value is -1.95. The minimum atomic E-state index is -0.691. The van der Waals surface area contributed by atoms with E-state index in [4.69, 9.17) is 39.5 Å². The lowest BCUT2D eigenvalue weighted by molar-refractivity contribution is -0.143. The Kier molecular flexibility index (Phi) is 10.1. The highest BCUT2D eigenvalue weighted by atomic mass is 35.5. The molecule has 0 spiro atoms. The number of ether oxygens (including phenoxy) is 1. The number of carbonyl (C=O) groups is 2. The van der Waals surface area contributed by atoms with Crippen LogP contribution in [0.2, 0.25) is 15.1 Å². The van der Waals surface area contributed by atoms with Gasteiger partial charge in [0.1, 0.15) is 11.8 Å². The number of hydrogen-bond acceptors (Lipinski definition) is 3. The molecule has 8 heteroatoms. The summed E-state index contributed by atoms with van der Waals surface area (Å²) in [5.41, 5.74) is 1.43. The van der Waals surface area contributed by atoms with Crippen LogP contribution < -0.4 is 10.1 Å². The van der Waals surface area contributed by atoms with E-state index in [1.807, 2.05) is 27.7 Å². The van der Waals surface area contributed by atoms with Crippen LogP contribution in [0.4, 0.5) is 0 Å². The Morgan fingerprint density at radius 2 is 1.72 bits per heavy atom. The first-order valence-electron chi connectivity index (χ1n) is 10.5. The van der Waals surface area contributed by atoms with Crippen molar-refractivity contribution in [3.63, 3.8) is 0 Å². The smallest absolute Gasteiger partial charge is 0.261 e. The first-order chi connectivity index (χ1) is 15.1. The SMILES string of the molecule is CC[C@H](C(=O)NCC(C)C)N(Cc1c(Cl)cccc1Cl)C(=O)COc1ccc(Cl)c(C)c1. The zero-order valence-corrected chi connectivity index (χ0v) is 21.0. The summed E-state index contributed by atoms with van der Waals surface area (Å²) in [5.74, 6) is 0.239. The molecule has 5 nitrogen and oxygen atoms in total. The molecule has 0 saturated carbocycles. The zero-order chi connectivity index (χ0) is 23.8. The number of carbonyl (C=O) groups excluding carboxylic acids is 2. The number of benzene rings is 2. The number of hydrogen-bond donors (Lipinski definition) is 1. The van der Waals surface area contributed by atoms with Crippen LogP contribution in [0.3, 0.4) is 0 Å². The van der Waals surface area contributed by atoms with E-state index in [1.54, 1.807) is 36.4 Å². The average Bonchev–Trinajstić information content (AvgIpc) is 2.74. The highest BCUT2D eigenvalue weighted by Crippen LogP contribution is 2.27. The number of halogens is 3. The van der Waals surface area contributed by atoms with Crippen LogP contribution in [0.5, 0.6) is 5.75 Å². The lowest BCUT2D eigenvalue weighted by atomic mass is 10.1. The maximum absolute atomic E-state index is 13.2. The molecule has 2 rings (SSSR count). The fourth-order valence-corrected chi connectivity index (χ4v) is 3.77. The third kappa shape index (κ3) is 7.29. The molecule has 1 N–H and O–H groups in total. The van der Waals surface area contributed by atoms with Gasteiger partial charge < -0.3 is 15.0 Å². The van der Waals surface area contributed by atoms with Crippen molar-refractivity contribution >= 4 is 46.6 Å². The fourth-order valence-electron chi connectivity index (χ4n) is 3.13. The maximum Gasteiger partial charge on any atom is 0.261 e. The van der Waals surface area contributed by atoms with E-state index in [9.17, 15) is 9.59 Å². The minimum Gasteiger partial charge on any atom is -0.484 e. The van der Waals surface area contributed by atoms with Gasteiger partial charge in [-0.15, -0.1) is 0 Å².